The minimum absolute atomic E-state index is 0.0483. The zero-order valence-electron chi connectivity index (χ0n) is 7.82. The molecule has 0 saturated carbocycles. The Morgan fingerprint density at radius 3 is 2.80 bits per heavy atom. The Balaban J connectivity index is 2.96. The summed E-state index contributed by atoms with van der Waals surface area (Å²) in [7, 11) is 0. The Kier molecular flexibility index (Phi) is 3.56. The first kappa shape index (κ1) is 11.4. The zero-order valence-corrected chi connectivity index (χ0v) is 8.58. The van der Waals surface area contributed by atoms with Gasteiger partial charge in [0.2, 0.25) is 5.28 Å². The van der Waals surface area contributed by atoms with Crippen LogP contribution in [-0.2, 0) is 4.79 Å². The average Bonchev–Trinajstić information content (AvgIpc) is 2.14. The molecule has 80 valence electrons. The van der Waals surface area contributed by atoms with Gasteiger partial charge in [0.05, 0.1) is 5.56 Å². The van der Waals surface area contributed by atoms with Gasteiger partial charge in [-0.3, -0.25) is 9.59 Å². The van der Waals surface area contributed by atoms with Gasteiger partial charge in [-0.1, -0.05) is 0 Å². The normalized spacial score (nSPS) is 9.73. The predicted octanol–water partition coefficient (Wildman–Crippen LogP) is 0.829. The maximum Gasteiger partial charge on any atom is 0.322 e. The number of aromatic nitrogens is 2. The molecular formula is C8H8ClN3O3. The highest BCUT2D eigenvalue weighted by Gasteiger charge is 2.11. The fourth-order valence-corrected chi connectivity index (χ4v) is 1.05. The summed E-state index contributed by atoms with van der Waals surface area (Å²) in [4.78, 5) is 28.8. The largest absolute Gasteiger partial charge is 0.480 e. The first-order valence-corrected chi connectivity index (χ1v) is 4.37. The van der Waals surface area contributed by atoms with Crippen LogP contribution in [0.4, 0.5) is 5.82 Å². The van der Waals surface area contributed by atoms with Crippen LogP contribution in [0.3, 0.4) is 0 Å². The Bertz CT molecular complexity index is 408. The van der Waals surface area contributed by atoms with Crippen LogP contribution < -0.4 is 5.32 Å². The van der Waals surface area contributed by atoms with Crippen LogP contribution in [0.2, 0.25) is 5.28 Å². The minimum atomic E-state index is -1.06. The molecule has 15 heavy (non-hydrogen) atoms. The summed E-state index contributed by atoms with van der Waals surface area (Å²) in [5.41, 5.74) is 0.209. The van der Waals surface area contributed by atoms with Gasteiger partial charge in [-0.2, -0.15) is 0 Å². The SMILES string of the molecule is CC(=O)c1cnc(Cl)nc1NCC(=O)O. The molecule has 0 unspecified atom stereocenters. The second kappa shape index (κ2) is 4.70. The van der Waals surface area contributed by atoms with Crippen LogP contribution in [0.1, 0.15) is 17.3 Å². The maximum atomic E-state index is 11.1. The van der Waals surface area contributed by atoms with Crippen LogP contribution in [-0.4, -0.2) is 33.4 Å². The van der Waals surface area contributed by atoms with Crippen LogP contribution in [0.5, 0.6) is 0 Å². The van der Waals surface area contributed by atoms with Crippen LogP contribution in [0.25, 0.3) is 0 Å². The quantitative estimate of drug-likeness (QED) is 0.587. The van der Waals surface area contributed by atoms with Crippen molar-refractivity contribution in [2.45, 2.75) is 6.92 Å². The number of hydrogen-bond acceptors (Lipinski definition) is 5. The summed E-state index contributed by atoms with van der Waals surface area (Å²) in [6, 6.07) is 0. The fraction of sp³-hybridized carbons (Fsp3) is 0.250. The monoisotopic (exact) mass is 229 g/mol. The molecule has 2 N–H and O–H groups in total. The number of carbonyl (C=O) groups is 2. The predicted molar refractivity (Wildman–Crippen MR) is 53.2 cm³/mol. The van der Waals surface area contributed by atoms with Gasteiger partial charge in [-0.25, -0.2) is 9.97 Å². The molecule has 1 aromatic heterocycles. The van der Waals surface area contributed by atoms with E-state index in [-0.39, 0.29) is 29.0 Å². The van der Waals surface area contributed by atoms with E-state index in [0.717, 1.165) is 0 Å². The summed E-state index contributed by atoms with van der Waals surface area (Å²) >= 11 is 5.52. The number of nitrogens with one attached hydrogen (secondary N) is 1. The average molecular weight is 230 g/mol. The lowest BCUT2D eigenvalue weighted by Gasteiger charge is -2.06. The molecule has 0 fully saturated rings. The third-order valence-corrected chi connectivity index (χ3v) is 1.73. The number of ketones is 1. The van der Waals surface area contributed by atoms with Gasteiger partial charge in [-0.05, 0) is 18.5 Å². The van der Waals surface area contributed by atoms with Crippen molar-refractivity contribution in [2.75, 3.05) is 11.9 Å². The molecule has 7 heteroatoms. The molecule has 1 heterocycles. The highest BCUT2D eigenvalue weighted by molar-refractivity contribution is 6.28. The van der Waals surface area contributed by atoms with Crippen molar-refractivity contribution < 1.29 is 14.7 Å². The molecule has 0 atom stereocenters. The highest BCUT2D eigenvalue weighted by atomic mass is 35.5. The summed E-state index contributed by atoms with van der Waals surface area (Å²) in [5, 5.41) is 10.9. The van der Waals surface area contributed by atoms with Crippen molar-refractivity contribution in [3.8, 4) is 0 Å². The molecule has 1 aromatic rings. The Morgan fingerprint density at radius 1 is 1.60 bits per heavy atom. The van der Waals surface area contributed by atoms with Gasteiger partial charge in [0.25, 0.3) is 0 Å². The molecule has 0 aromatic carbocycles. The number of carboxylic acids is 1. The highest BCUT2D eigenvalue weighted by Crippen LogP contribution is 2.14. The third kappa shape index (κ3) is 3.17. The molecular weight excluding hydrogens is 222 g/mol. The lowest BCUT2D eigenvalue weighted by molar-refractivity contribution is -0.134. The first-order chi connectivity index (χ1) is 7.00. The fourth-order valence-electron chi connectivity index (χ4n) is 0.912. The van der Waals surface area contributed by atoms with E-state index in [0.29, 0.717) is 0 Å². The smallest absolute Gasteiger partial charge is 0.322 e. The van der Waals surface area contributed by atoms with E-state index in [1.54, 1.807) is 0 Å². The number of anilines is 1. The molecule has 0 radical (unpaired) electrons. The molecule has 0 spiro atoms. The van der Waals surface area contributed by atoms with E-state index >= 15 is 0 Å². The minimum Gasteiger partial charge on any atom is -0.480 e. The Hall–Kier alpha value is -1.69. The lowest BCUT2D eigenvalue weighted by atomic mass is 10.2. The molecule has 1 rings (SSSR count). The molecule has 0 saturated heterocycles. The summed E-state index contributed by atoms with van der Waals surface area (Å²) in [6.45, 7) is 0.992. The van der Waals surface area contributed by atoms with E-state index in [1.165, 1.54) is 13.1 Å². The molecule has 0 bridgehead atoms. The summed E-state index contributed by atoms with van der Waals surface area (Å²) in [6.07, 6.45) is 1.25. The third-order valence-electron chi connectivity index (χ3n) is 1.55. The number of rotatable bonds is 4. The molecule has 0 amide bonds. The van der Waals surface area contributed by atoms with Crippen LogP contribution in [0, 0.1) is 0 Å². The second-order valence-corrected chi connectivity index (χ2v) is 3.04. The number of halogens is 1. The van der Waals surface area contributed by atoms with Gasteiger partial charge in [-0.15, -0.1) is 0 Å². The number of hydrogen-bond donors (Lipinski definition) is 2. The van der Waals surface area contributed by atoms with Crippen molar-refractivity contribution in [1.29, 1.82) is 0 Å². The first-order valence-electron chi connectivity index (χ1n) is 4.00. The van der Waals surface area contributed by atoms with Crippen molar-refractivity contribution in [3.05, 3.63) is 17.0 Å². The number of carboxylic acid groups (broad SMARTS) is 1. The van der Waals surface area contributed by atoms with Crippen LogP contribution in [0.15, 0.2) is 6.20 Å². The molecule has 0 aliphatic carbocycles. The van der Waals surface area contributed by atoms with E-state index in [2.05, 4.69) is 15.3 Å². The zero-order chi connectivity index (χ0) is 11.4. The van der Waals surface area contributed by atoms with Crippen molar-refractivity contribution >= 4 is 29.2 Å². The van der Waals surface area contributed by atoms with E-state index in [4.69, 9.17) is 16.7 Å². The standard InChI is InChI=1S/C8H8ClN3O3/c1-4(13)5-2-11-8(9)12-7(5)10-3-6(14)15/h2H,3H2,1H3,(H,14,15)(H,10,11,12). The van der Waals surface area contributed by atoms with Gasteiger partial charge in [0, 0.05) is 6.20 Å². The van der Waals surface area contributed by atoms with E-state index < -0.39 is 5.97 Å². The summed E-state index contributed by atoms with van der Waals surface area (Å²) < 4.78 is 0. The van der Waals surface area contributed by atoms with Crippen molar-refractivity contribution in [1.82, 2.24) is 9.97 Å². The number of Topliss-reactive ketones (excluding diaryl/α,β-unsaturated/α-hetero) is 1. The second-order valence-electron chi connectivity index (χ2n) is 2.70. The van der Waals surface area contributed by atoms with Crippen molar-refractivity contribution in [2.24, 2.45) is 0 Å². The van der Waals surface area contributed by atoms with Gasteiger partial charge < -0.3 is 10.4 Å². The van der Waals surface area contributed by atoms with Gasteiger partial charge in [0.15, 0.2) is 5.78 Å². The Labute approximate surface area is 90.3 Å². The topological polar surface area (TPSA) is 92.2 Å². The lowest BCUT2D eigenvalue weighted by Crippen LogP contribution is -2.16. The summed E-state index contributed by atoms with van der Waals surface area (Å²) in [5.74, 6) is -1.19. The maximum absolute atomic E-state index is 11.1. The number of nitrogens with zero attached hydrogens (tertiary/aromatic N) is 2. The number of aliphatic carboxylic acids is 1. The Morgan fingerprint density at radius 2 is 2.27 bits per heavy atom. The molecule has 6 nitrogen and oxygen atoms in total. The van der Waals surface area contributed by atoms with Crippen molar-refractivity contribution in [3.63, 3.8) is 0 Å². The molecule has 0 aliphatic rings. The van der Waals surface area contributed by atoms with Gasteiger partial charge in [0.1, 0.15) is 12.4 Å². The van der Waals surface area contributed by atoms with Crippen LogP contribution >= 0.6 is 11.6 Å². The number of carbonyl (C=O) groups excluding carboxylic acids is 1. The molecule has 0 aliphatic heterocycles. The van der Waals surface area contributed by atoms with E-state index in [9.17, 15) is 9.59 Å². The van der Waals surface area contributed by atoms with E-state index in [1.807, 2.05) is 0 Å². The van der Waals surface area contributed by atoms with Gasteiger partial charge >= 0.3 is 5.97 Å².